The minimum Gasteiger partial charge on any atom is -0.497 e. The SMILES string of the molecule is COc1ccc(CO[C@@H]2C=C[C@@H](O[Si](c3ccccc3)(c3ccccc3)C(C)(C)C)[C@H]3OC(C)(C)O[C@H]32)cc1. The van der Waals surface area contributed by atoms with Gasteiger partial charge in [0.2, 0.25) is 0 Å². The van der Waals surface area contributed by atoms with Crippen LogP contribution in [0.2, 0.25) is 5.04 Å². The molecule has 0 unspecified atom stereocenters. The molecule has 0 radical (unpaired) electrons. The molecule has 1 aliphatic carbocycles. The van der Waals surface area contributed by atoms with E-state index in [4.69, 9.17) is 23.4 Å². The van der Waals surface area contributed by atoms with Crippen LogP contribution >= 0.6 is 0 Å². The Labute approximate surface area is 233 Å². The van der Waals surface area contributed by atoms with Gasteiger partial charge in [-0.25, -0.2) is 0 Å². The molecule has 1 aliphatic heterocycles. The quantitative estimate of drug-likeness (QED) is 0.272. The summed E-state index contributed by atoms with van der Waals surface area (Å²) >= 11 is 0. The highest BCUT2D eigenvalue weighted by Crippen LogP contribution is 2.42. The molecule has 39 heavy (non-hydrogen) atoms. The first kappa shape index (κ1) is 27.8. The lowest BCUT2D eigenvalue weighted by Gasteiger charge is -2.46. The Hall–Kier alpha value is -2.74. The maximum Gasteiger partial charge on any atom is 0.262 e. The molecule has 5 nitrogen and oxygen atoms in total. The lowest BCUT2D eigenvalue weighted by Crippen LogP contribution is -2.69. The van der Waals surface area contributed by atoms with Crippen molar-refractivity contribution in [3.05, 3.63) is 103 Å². The van der Waals surface area contributed by atoms with E-state index in [-0.39, 0.29) is 29.5 Å². The Bertz CT molecular complexity index is 1210. The third-order valence-corrected chi connectivity index (χ3v) is 12.7. The van der Waals surface area contributed by atoms with Crippen molar-refractivity contribution < 1.29 is 23.4 Å². The summed E-state index contributed by atoms with van der Waals surface area (Å²) in [6.07, 6.45) is 3.10. The maximum atomic E-state index is 7.44. The Morgan fingerprint density at radius 1 is 0.744 bits per heavy atom. The molecular weight excluding hydrogens is 504 g/mol. The van der Waals surface area contributed by atoms with Crippen molar-refractivity contribution in [2.75, 3.05) is 7.11 Å². The highest BCUT2D eigenvalue weighted by atomic mass is 28.4. The van der Waals surface area contributed by atoms with E-state index in [0.717, 1.165) is 11.3 Å². The van der Waals surface area contributed by atoms with Crippen molar-refractivity contribution in [3.8, 4) is 5.75 Å². The van der Waals surface area contributed by atoms with Crippen LogP contribution in [0.5, 0.6) is 5.75 Å². The third kappa shape index (κ3) is 5.63. The van der Waals surface area contributed by atoms with Gasteiger partial charge in [-0.1, -0.05) is 106 Å². The first-order chi connectivity index (χ1) is 18.6. The lowest BCUT2D eigenvalue weighted by atomic mass is 9.96. The molecule has 0 saturated carbocycles. The van der Waals surface area contributed by atoms with Crippen LogP contribution in [0.3, 0.4) is 0 Å². The molecule has 1 fully saturated rings. The normalized spacial score (nSPS) is 24.4. The van der Waals surface area contributed by atoms with Crippen LogP contribution in [0.4, 0.5) is 0 Å². The number of ether oxygens (including phenoxy) is 4. The Morgan fingerprint density at radius 3 is 1.77 bits per heavy atom. The van der Waals surface area contributed by atoms with Crippen LogP contribution in [-0.2, 0) is 25.2 Å². The standard InChI is InChI=1S/C33H40O5Si/c1-32(2,3)39(26-13-9-7-10-14-26,27-15-11-8-12-16-27)38-29-22-21-28(30-31(29)37-33(4,5)36-30)35-23-24-17-19-25(34-6)20-18-24/h7-22,28-31H,23H2,1-6H3/t28-,29-,30+,31-/m1/s1. The fourth-order valence-electron chi connectivity index (χ4n) is 5.83. The highest BCUT2D eigenvalue weighted by molar-refractivity contribution is 6.99. The molecule has 0 spiro atoms. The number of fused-ring (bicyclic) bond motifs is 1. The van der Waals surface area contributed by atoms with Gasteiger partial charge in [0.15, 0.2) is 5.79 Å². The summed E-state index contributed by atoms with van der Waals surface area (Å²) in [6.45, 7) is 11.3. The number of rotatable bonds is 8. The zero-order valence-corrected chi connectivity index (χ0v) is 24.8. The molecule has 2 aliphatic rings. The predicted molar refractivity (Wildman–Crippen MR) is 157 cm³/mol. The maximum absolute atomic E-state index is 7.44. The topological polar surface area (TPSA) is 46.2 Å². The third-order valence-electron chi connectivity index (χ3n) is 7.63. The van der Waals surface area contributed by atoms with E-state index in [1.807, 2.05) is 38.1 Å². The summed E-state index contributed by atoms with van der Waals surface area (Å²) in [5.41, 5.74) is 1.07. The molecule has 5 rings (SSSR count). The van der Waals surface area contributed by atoms with Crippen LogP contribution in [0.1, 0.15) is 40.2 Å². The van der Waals surface area contributed by atoms with Gasteiger partial charge < -0.3 is 23.4 Å². The molecule has 3 aromatic rings. The molecule has 0 N–H and O–H groups in total. The molecule has 0 amide bonds. The summed E-state index contributed by atoms with van der Waals surface area (Å²) in [4.78, 5) is 0. The number of hydrogen-bond acceptors (Lipinski definition) is 5. The highest BCUT2D eigenvalue weighted by Gasteiger charge is 2.56. The largest absolute Gasteiger partial charge is 0.497 e. The van der Waals surface area contributed by atoms with Crippen molar-refractivity contribution in [3.63, 3.8) is 0 Å². The monoisotopic (exact) mass is 544 g/mol. The predicted octanol–water partition coefficient (Wildman–Crippen LogP) is 5.62. The minimum atomic E-state index is -2.78. The number of benzene rings is 3. The molecule has 1 saturated heterocycles. The van der Waals surface area contributed by atoms with Gasteiger partial charge in [0.1, 0.15) is 24.1 Å². The fraction of sp³-hybridized carbons (Fsp3) is 0.394. The average molecular weight is 545 g/mol. The van der Waals surface area contributed by atoms with E-state index in [9.17, 15) is 0 Å². The summed E-state index contributed by atoms with van der Waals surface area (Å²) in [5.74, 6) is 0.0878. The number of hydrogen-bond donors (Lipinski definition) is 0. The summed E-state index contributed by atoms with van der Waals surface area (Å²) in [7, 11) is -1.12. The first-order valence-electron chi connectivity index (χ1n) is 13.7. The van der Waals surface area contributed by atoms with Crippen molar-refractivity contribution in [1.29, 1.82) is 0 Å². The van der Waals surface area contributed by atoms with Gasteiger partial charge in [-0.3, -0.25) is 0 Å². The zero-order valence-electron chi connectivity index (χ0n) is 23.8. The molecule has 4 atom stereocenters. The lowest BCUT2D eigenvalue weighted by molar-refractivity contribution is -0.158. The van der Waals surface area contributed by atoms with Crippen molar-refractivity contribution in [2.45, 2.75) is 76.5 Å². The van der Waals surface area contributed by atoms with Gasteiger partial charge in [-0.05, 0) is 47.0 Å². The molecule has 1 heterocycles. The molecule has 6 heteroatoms. The van der Waals surface area contributed by atoms with Crippen molar-refractivity contribution in [2.24, 2.45) is 0 Å². The molecule has 3 aromatic carbocycles. The van der Waals surface area contributed by atoms with Gasteiger partial charge in [-0.15, -0.1) is 0 Å². The van der Waals surface area contributed by atoms with Crippen molar-refractivity contribution >= 4 is 18.7 Å². The summed E-state index contributed by atoms with van der Waals surface area (Å²) in [6, 6.07) is 29.3. The molecule has 0 aromatic heterocycles. The second-order valence-corrected chi connectivity index (χ2v) is 16.1. The molecule has 206 valence electrons. The van der Waals surface area contributed by atoms with E-state index < -0.39 is 14.1 Å². The second-order valence-electron chi connectivity index (χ2n) is 11.8. The van der Waals surface area contributed by atoms with Crippen LogP contribution in [0.25, 0.3) is 0 Å². The van der Waals surface area contributed by atoms with Gasteiger partial charge in [-0.2, -0.15) is 0 Å². The van der Waals surface area contributed by atoms with Gasteiger partial charge >= 0.3 is 0 Å². The first-order valence-corrected chi connectivity index (χ1v) is 15.6. The van der Waals surface area contributed by atoms with E-state index >= 15 is 0 Å². The van der Waals surface area contributed by atoms with Gasteiger partial charge in [0, 0.05) is 0 Å². The smallest absolute Gasteiger partial charge is 0.262 e. The minimum absolute atomic E-state index is 0.143. The fourth-order valence-corrected chi connectivity index (χ4v) is 10.5. The number of methoxy groups -OCH3 is 1. The average Bonchev–Trinajstić information content (AvgIpc) is 3.27. The second kappa shape index (κ2) is 11.0. The van der Waals surface area contributed by atoms with E-state index in [2.05, 4.69) is 93.6 Å². The Balaban J connectivity index is 1.48. The van der Waals surface area contributed by atoms with Crippen LogP contribution < -0.4 is 15.1 Å². The van der Waals surface area contributed by atoms with Gasteiger partial charge in [0.05, 0.1) is 19.8 Å². The van der Waals surface area contributed by atoms with E-state index in [1.54, 1.807) is 7.11 Å². The zero-order chi connectivity index (χ0) is 27.7. The molecular formula is C33H40O5Si. The van der Waals surface area contributed by atoms with Crippen LogP contribution in [0, 0.1) is 0 Å². The Kier molecular flexibility index (Phi) is 7.86. The van der Waals surface area contributed by atoms with E-state index in [1.165, 1.54) is 10.4 Å². The van der Waals surface area contributed by atoms with E-state index in [0.29, 0.717) is 6.61 Å². The van der Waals surface area contributed by atoms with Crippen LogP contribution in [-0.4, -0.2) is 45.6 Å². The van der Waals surface area contributed by atoms with Gasteiger partial charge in [0.25, 0.3) is 8.32 Å². The molecule has 0 bridgehead atoms. The van der Waals surface area contributed by atoms with Crippen molar-refractivity contribution in [1.82, 2.24) is 0 Å². The summed E-state index contributed by atoms with van der Waals surface area (Å²) < 4.78 is 32.1. The Morgan fingerprint density at radius 2 is 1.26 bits per heavy atom. The van der Waals surface area contributed by atoms with Crippen LogP contribution in [0.15, 0.2) is 97.1 Å². The summed E-state index contributed by atoms with van der Waals surface area (Å²) in [5, 5.41) is 2.34.